The van der Waals surface area contributed by atoms with E-state index >= 15 is 0 Å². The summed E-state index contributed by atoms with van der Waals surface area (Å²) in [6, 6.07) is 0.517. The van der Waals surface area contributed by atoms with Crippen molar-refractivity contribution in [2.75, 3.05) is 19.7 Å². The lowest BCUT2D eigenvalue weighted by atomic mass is 9.86. The van der Waals surface area contributed by atoms with Crippen LogP contribution in [0.2, 0.25) is 0 Å². The fourth-order valence-electron chi connectivity index (χ4n) is 3.55. The highest BCUT2D eigenvalue weighted by Gasteiger charge is 2.32. The van der Waals surface area contributed by atoms with Gasteiger partial charge in [0.05, 0.1) is 13.2 Å². The second-order valence-corrected chi connectivity index (χ2v) is 6.42. The minimum absolute atomic E-state index is 0.131. The largest absolute Gasteiger partial charge is 0.395 e. The number of likely N-dealkylation sites (tertiary alicyclic amines) is 1. The van der Waals surface area contributed by atoms with E-state index < -0.39 is 0 Å². The number of rotatable bonds is 4. The number of nitrogens with zero attached hydrogens (tertiary/aromatic N) is 1. The van der Waals surface area contributed by atoms with Crippen molar-refractivity contribution >= 4 is 5.91 Å². The molecular weight excluding hydrogens is 240 g/mol. The predicted molar refractivity (Wildman–Crippen MR) is 75.8 cm³/mol. The molecule has 2 rings (SSSR count). The molecule has 110 valence electrons. The fraction of sp³-hybridized carbons (Fsp3) is 0.933. The highest BCUT2D eigenvalue weighted by molar-refractivity contribution is 5.78. The molecule has 0 radical (unpaired) electrons. The van der Waals surface area contributed by atoms with Crippen LogP contribution in [-0.4, -0.2) is 47.7 Å². The van der Waals surface area contributed by atoms with Crippen molar-refractivity contribution in [1.82, 2.24) is 10.2 Å². The molecule has 4 nitrogen and oxygen atoms in total. The number of hydrogen-bond donors (Lipinski definition) is 2. The number of hydrogen-bond acceptors (Lipinski definition) is 3. The summed E-state index contributed by atoms with van der Waals surface area (Å²) in [5.74, 6) is 1.22. The van der Waals surface area contributed by atoms with Crippen LogP contribution in [0.5, 0.6) is 0 Å². The highest BCUT2D eigenvalue weighted by Crippen LogP contribution is 2.25. The third-order valence-corrected chi connectivity index (χ3v) is 4.99. The molecule has 4 heteroatoms. The van der Waals surface area contributed by atoms with Crippen LogP contribution in [0.15, 0.2) is 0 Å². The number of carbonyl (C=O) groups excluding carboxylic acids is 1. The molecule has 4 atom stereocenters. The van der Waals surface area contributed by atoms with E-state index in [9.17, 15) is 9.90 Å². The summed E-state index contributed by atoms with van der Waals surface area (Å²) in [6.07, 6.45) is 5.95. The van der Waals surface area contributed by atoms with Gasteiger partial charge in [0.2, 0.25) is 5.91 Å². The van der Waals surface area contributed by atoms with Crippen molar-refractivity contribution < 1.29 is 9.90 Å². The lowest BCUT2D eigenvalue weighted by Gasteiger charge is -2.31. The first-order chi connectivity index (χ1) is 9.11. The molecule has 19 heavy (non-hydrogen) atoms. The van der Waals surface area contributed by atoms with Gasteiger partial charge in [0.15, 0.2) is 0 Å². The molecule has 0 aromatic heterocycles. The van der Waals surface area contributed by atoms with E-state index in [1.165, 1.54) is 19.3 Å². The summed E-state index contributed by atoms with van der Waals surface area (Å²) < 4.78 is 0. The Morgan fingerprint density at radius 1 is 1.21 bits per heavy atom. The first-order valence-corrected chi connectivity index (χ1v) is 7.76. The van der Waals surface area contributed by atoms with E-state index in [-0.39, 0.29) is 18.6 Å². The van der Waals surface area contributed by atoms with E-state index in [4.69, 9.17) is 0 Å². The number of amides is 1. The fourth-order valence-corrected chi connectivity index (χ4v) is 3.55. The molecule has 2 fully saturated rings. The molecule has 1 saturated carbocycles. The maximum atomic E-state index is 12.1. The van der Waals surface area contributed by atoms with Crippen molar-refractivity contribution in [3.63, 3.8) is 0 Å². The summed E-state index contributed by atoms with van der Waals surface area (Å²) in [7, 11) is 0. The van der Waals surface area contributed by atoms with Crippen molar-refractivity contribution in [2.24, 2.45) is 11.8 Å². The SMILES string of the molecule is CC1CCCCC1NC(=O)CN1CCC(C)C1CO. The third-order valence-electron chi connectivity index (χ3n) is 4.99. The van der Waals surface area contributed by atoms with Gasteiger partial charge in [-0.15, -0.1) is 0 Å². The van der Waals surface area contributed by atoms with Crippen molar-refractivity contribution in [2.45, 2.75) is 58.0 Å². The highest BCUT2D eigenvalue weighted by atomic mass is 16.3. The lowest BCUT2D eigenvalue weighted by molar-refractivity contribution is -0.124. The topological polar surface area (TPSA) is 52.6 Å². The molecule has 0 aromatic rings. The molecule has 1 saturated heterocycles. The van der Waals surface area contributed by atoms with Crippen LogP contribution >= 0.6 is 0 Å². The molecule has 1 aliphatic heterocycles. The van der Waals surface area contributed by atoms with Gasteiger partial charge in [-0.2, -0.15) is 0 Å². The monoisotopic (exact) mass is 268 g/mol. The Labute approximate surface area is 116 Å². The van der Waals surface area contributed by atoms with Gasteiger partial charge in [0.1, 0.15) is 0 Å². The Kier molecular flexibility index (Phi) is 5.22. The quantitative estimate of drug-likeness (QED) is 0.810. The molecule has 4 unspecified atom stereocenters. The summed E-state index contributed by atoms with van der Waals surface area (Å²) >= 11 is 0. The minimum atomic E-state index is 0.131. The van der Waals surface area contributed by atoms with E-state index in [1.807, 2.05) is 0 Å². The van der Waals surface area contributed by atoms with Gasteiger partial charge in [-0.25, -0.2) is 0 Å². The number of aliphatic hydroxyl groups is 1. The first-order valence-electron chi connectivity index (χ1n) is 7.76. The van der Waals surface area contributed by atoms with Gasteiger partial charge in [-0.1, -0.05) is 26.7 Å². The Bertz CT molecular complexity index is 309. The average Bonchev–Trinajstić information content (AvgIpc) is 2.72. The van der Waals surface area contributed by atoms with Gasteiger partial charge in [0, 0.05) is 12.1 Å². The molecule has 0 bridgehead atoms. The normalized spacial score (nSPS) is 36.4. The van der Waals surface area contributed by atoms with Crippen LogP contribution in [0.25, 0.3) is 0 Å². The number of carbonyl (C=O) groups is 1. The molecule has 1 aliphatic carbocycles. The zero-order chi connectivity index (χ0) is 13.8. The van der Waals surface area contributed by atoms with Crippen LogP contribution in [0, 0.1) is 11.8 Å². The molecule has 1 amide bonds. The minimum Gasteiger partial charge on any atom is -0.395 e. The Hall–Kier alpha value is -0.610. The van der Waals surface area contributed by atoms with Gasteiger partial charge in [-0.05, 0) is 37.6 Å². The summed E-state index contributed by atoms with van der Waals surface area (Å²) in [6.45, 7) is 5.92. The lowest BCUT2D eigenvalue weighted by Crippen LogP contribution is -2.47. The zero-order valence-corrected chi connectivity index (χ0v) is 12.3. The molecule has 2 aliphatic rings. The standard InChI is InChI=1S/C15H28N2O2/c1-11-5-3-4-6-13(11)16-15(19)9-17-8-7-12(2)14(17)10-18/h11-14,18H,3-10H2,1-2H3,(H,16,19). The summed E-state index contributed by atoms with van der Waals surface area (Å²) in [4.78, 5) is 14.3. The van der Waals surface area contributed by atoms with Crippen molar-refractivity contribution in [3.05, 3.63) is 0 Å². The maximum absolute atomic E-state index is 12.1. The molecule has 0 spiro atoms. The first kappa shape index (κ1) is 14.8. The summed E-state index contributed by atoms with van der Waals surface area (Å²) in [5.41, 5.74) is 0. The van der Waals surface area contributed by atoms with Crippen molar-refractivity contribution in [1.29, 1.82) is 0 Å². The molecular formula is C15H28N2O2. The smallest absolute Gasteiger partial charge is 0.234 e. The maximum Gasteiger partial charge on any atom is 0.234 e. The van der Waals surface area contributed by atoms with Crippen molar-refractivity contribution in [3.8, 4) is 0 Å². The van der Waals surface area contributed by atoms with Crippen LogP contribution in [-0.2, 0) is 4.79 Å². The Morgan fingerprint density at radius 2 is 1.95 bits per heavy atom. The Balaban J connectivity index is 1.80. The van der Waals surface area contributed by atoms with Crippen LogP contribution < -0.4 is 5.32 Å². The average molecular weight is 268 g/mol. The van der Waals surface area contributed by atoms with Crippen LogP contribution in [0.3, 0.4) is 0 Å². The van der Waals surface area contributed by atoms with Gasteiger partial charge >= 0.3 is 0 Å². The van der Waals surface area contributed by atoms with Gasteiger partial charge in [0.25, 0.3) is 0 Å². The van der Waals surface area contributed by atoms with Gasteiger partial charge < -0.3 is 10.4 Å². The predicted octanol–water partition coefficient (Wildman–Crippen LogP) is 1.38. The summed E-state index contributed by atoms with van der Waals surface area (Å²) in [5, 5.41) is 12.6. The van der Waals surface area contributed by atoms with E-state index in [0.29, 0.717) is 24.4 Å². The number of aliphatic hydroxyl groups excluding tert-OH is 1. The molecule has 2 N–H and O–H groups in total. The van der Waals surface area contributed by atoms with E-state index in [1.54, 1.807) is 0 Å². The third kappa shape index (κ3) is 3.69. The number of nitrogens with one attached hydrogen (secondary N) is 1. The van der Waals surface area contributed by atoms with E-state index in [2.05, 4.69) is 24.1 Å². The second kappa shape index (κ2) is 6.71. The second-order valence-electron chi connectivity index (χ2n) is 6.42. The molecule has 1 heterocycles. The zero-order valence-electron chi connectivity index (χ0n) is 12.3. The van der Waals surface area contributed by atoms with Crippen LogP contribution in [0.4, 0.5) is 0 Å². The Morgan fingerprint density at radius 3 is 2.63 bits per heavy atom. The van der Waals surface area contributed by atoms with Gasteiger partial charge in [-0.3, -0.25) is 9.69 Å². The molecule has 0 aromatic carbocycles. The van der Waals surface area contributed by atoms with E-state index in [0.717, 1.165) is 19.4 Å². The van der Waals surface area contributed by atoms with Crippen LogP contribution in [0.1, 0.15) is 46.0 Å².